The average molecular weight is 400 g/mol. The molecule has 2 aromatic carbocycles. The summed E-state index contributed by atoms with van der Waals surface area (Å²) < 4.78 is 13.9. The minimum Gasteiger partial charge on any atom is -0.350 e. The number of carbonyl (C=O) groups is 1. The minimum atomic E-state index is -0.450. The predicted octanol–water partition coefficient (Wildman–Crippen LogP) is 4.27. The van der Waals surface area contributed by atoms with Gasteiger partial charge in [0.05, 0.1) is 11.6 Å². The first kappa shape index (κ1) is 17.9. The lowest BCUT2D eigenvalue weighted by atomic mass is 10.1. The molecular formula is C17H17BrClFN2O. The molecule has 3 nitrogen and oxygen atoms in total. The van der Waals surface area contributed by atoms with Gasteiger partial charge in [-0.15, -0.1) is 0 Å². The minimum absolute atomic E-state index is 0.0833. The zero-order valence-electron chi connectivity index (χ0n) is 12.8. The molecule has 23 heavy (non-hydrogen) atoms. The molecule has 0 spiro atoms. The highest BCUT2D eigenvalue weighted by Crippen LogP contribution is 2.25. The van der Waals surface area contributed by atoms with Crippen molar-refractivity contribution in [2.75, 3.05) is 20.6 Å². The third kappa shape index (κ3) is 4.53. The third-order valence-electron chi connectivity index (χ3n) is 3.52. The van der Waals surface area contributed by atoms with E-state index in [1.165, 1.54) is 18.2 Å². The maximum atomic E-state index is 13.3. The number of likely N-dealkylation sites (N-methyl/N-ethyl adjacent to an activating group) is 1. The molecule has 0 bridgehead atoms. The highest BCUT2D eigenvalue weighted by molar-refractivity contribution is 9.10. The van der Waals surface area contributed by atoms with Crippen molar-refractivity contribution in [2.24, 2.45) is 0 Å². The molecule has 1 N–H and O–H groups in total. The van der Waals surface area contributed by atoms with E-state index < -0.39 is 5.82 Å². The van der Waals surface area contributed by atoms with Crippen LogP contribution in [0.15, 0.2) is 46.9 Å². The van der Waals surface area contributed by atoms with Crippen LogP contribution in [0.25, 0.3) is 0 Å². The van der Waals surface area contributed by atoms with E-state index in [0.717, 1.165) is 5.56 Å². The molecule has 0 heterocycles. The molecule has 0 fully saturated rings. The van der Waals surface area contributed by atoms with Gasteiger partial charge in [-0.1, -0.05) is 29.8 Å². The number of nitrogens with zero attached hydrogens (tertiary/aromatic N) is 1. The summed E-state index contributed by atoms with van der Waals surface area (Å²) in [5.41, 5.74) is 1.19. The van der Waals surface area contributed by atoms with Crippen molar-refractivity contribution in [3.63, 3.8) is 0 Å². The molecule has 0 unspecified atom stereocenters. The molecule has 0 saturated carbocycles. The first-order valence-corrected chi connectivity index (χ1v) is 8.21. The van der Waals surface area contributed by atoms with Crippen molar-refractivity contribution in [1.82, 2.24) is 10.2 Å². The van der Waals surface area contributed by atoms with Crippen LogP contribution < -0.4 is 5.32 Å². The van der Waals surface area contributed by atoms with E-state index in [9.17, 15) is 9.18 Å². The Morgan fingerprint density at radius 2 is 2.00 bits per heavy atom. The zero-order chi connectivity index (χ0) is 17.0. The van der Waals surface area contributed by atoms with Crippen LogP contribution in [0, 0.1) is 5.82 Å². The fraction of sp³-hybridized carbons (Fsp3) is 0.235. The number of amides is 1. The van der Waals surface area contributed by atoms with E-state index in [1.54, 1.807) is 0 Å². The van der Waals surface area contributed by atoms with Gasteiger partial charge < -0.3 is 10.2 Å². The second-order valence-corrected chi connectivity index (χ2v) is 6.60. The second-order valence-electron chi connectivity index (χ2n) is 5.34. The van der Waals surface area contributed by atoms with Gasteiger partial charge >= 0.3 is 0 Å². The lowest BCUT2D eigenvalue weighted by Gasteiger charge is -2.26. The third-order valence-corrected chi connectivity index (χ3v) is 4.55. The van der Waals surface area contributed by atoms with E-state index >= 15 is 0 Å². The van der Waals surface area contributed by atoms with Gasteiger partial charge in [0, 0.05) is 16.0 Å². The molecule has 2 aromatic rings. The number of carbonyl (C=O) groups excluding carboxylic acids is 1. The van der Waals surface area contributed by atoms with Crippen LogP contribution in [0.5, 0.6) is 0 Å². The van der Waals surface area contributed by atoms with E-state index in [4.69, 9.17) is 11.6 Å². The van der Waals surface area contributed by atoms with Crippen LogP contribution in [0.2, 0.25) is 5.02 Å². The normalized spacial score (nSPS) is 12.3. The van der Waals surface area contributed by atoms with Crippen molar-refractivity contribution >= 4 is 33.4 Å². The maximum Gasteiger partial charge on any atom is 0.252 e. The number of hydrogen-bond acceptors (Lipinski definition) is 2. The predicted molar refractivity (Wildman–Crippen MR) is 94.3 cm³/mol. The number of rotatable bonds is 5. The van der Waals surface area contributed by atoms with Gasteiger partial charge in [0.15, 0.2) is 0 Å². The van der Waals surface area contributed by atoms with E-state index in [1.807, 2.05) is 43.3 Å². The summed E-state index contributed by atoms with van der Waals surface area (Å²) in [6, 6.07) is 11.5. The number of benzene rings is 2. The summed E-state index contributed by atoms with van der Waals surface area (Å²) >= 11 is 9.51. The van der Waals surface area contributed by atoms with Gasteiger partial charge in [-0.2, -0.15) is 0 Å². The SMILES string of the molecule is CN(C)[C@@H](CNC(=O)c1cc(F)ccc1Br)c1ccccc1Cl. The van der Waals surface area contributed by atoms with E-state index in [0.29, 0.717) is 16.0 Å². The van der Waals surface area contributed by atoms with Gasteiger partial charge in [-0.25, -0.2) is 4.39 Å². The largest absolute Gasteiger partial charge is 0.350 e. The standard InChI is InChI=1S/C17H17BrClFN2O/c1-22(2)16(12-5-3-4-6-15(12)19)10-21-17(23)13-9-11(20)7-8-14(13)18/h3-9,16H,10H2,1-2H3,(H,21,23)/t16-/m0/s1. The Morgan fingerprint density at radius 1 is 1.30 bits per heavy atom. The zero-order valence-corrected chi connectivity index (χ0v) is 15.2. The van der Waals surface area contributed by atoms with Crippen LogP contribution in [0.4, 0.5) is 4.39 Å². The Balaban J connectivity index is 2.15. The molecule has 122 valence electrons. The highest BCUT2D eigenvalue weighted by atomic mass is 79.9. The fourth-order valence-electron chi connectivity index (χ4n) is 2.27. The quantitative estimate of drug-likeness (QED) is 0.814. The first-order valence-electron chi connectivity index (χ1n) is 7.04. The molecule has 2 rings (SSSR count). The molecule has 0 aliphatic carbocycles. The molecule has 6 heteroatoms. The van der Waals surface area contributed by atoms with Crippen LogP contribution in [-0.2, 0) is 0 Å². The van der Waals surface area contributed by atoms with Crippen LogP contribution in [-0.4, -0.2) is 31.4 Å². The Morgan fingerprint density at radius 3 is 2.65 bits per heavy atom. The van der Waals surface area contributed by atoms with E-state index in [2.05, 4.69) is 21.2 Å². The summed E-state index contributed by atoms with van der Waals surface area (Å²) in [5, 5.41) is 3.48. The number of halogens is 3. The summed E-state index contributed by atoms with van der Waals surface area (Å²) in [6.45, 7) is 0.360. The average Bonchev–Trinajstić information content (AvgIpc) is 2.51. The summed E-state index contributed by atoms with van der Waals surface area (Å²) in [7, 11) is 3.83. The first-order chi connectivity index (χ1) is 10.9. The molecule has 1 atom stereocenters. The molecule has 0 radical (unpaired) electrons. The van der Waals surface area contributed by atoms with Crippen molar-refractivity contribution in [2.45, 2.75) is 6.04 Å². The molecule has 0 aliphatic heterocycles. The smallest absolute Gasteiger partial charge is 0.252 e. The topological polar surface area (TPSA) is 32.3 Å². The van der Waals surface area contributed by atoms with Crippen molar-refractivity contribution < 1.29 is 9.18 Å². The molecule has 1 amide bonds. The van der Waals surface area contributed by atoms with Gasteiger partial charge in [0.1, 0.15) is 5.82 Å². The maximum absolute atomic E-state index is 13.3. The fourth-order valence-corrected chi connectivity index (χ4v) is 2.96. The Kier molecular flexibility index (Phi) is 6.16. The lowest BCUT2D eigenvalue weighted by Crippen LogP contribution is -2.34. The van der Waals surface area contributed by atoms with Crippen molar-refractivity contribution in [3.8, 4) is 0 Å². The van der Waals surface area contributed by atoms with Crippen molar-refractivity contribution in [3.05, 3.63) is 68.9 Å². The number of hydrogen-bond donors (Lipinski definition) is 1. The Hall–Kier alpha value is -1.43. The van der Waals surface area contributed by atoms with Crippen LogP contribution in [0.1, 0.15) is 22.0 Å². The highest BCUT2D eigenvalue weighted by Gasteiger charge is 2.19. The van der Waals surface area contributed by atoms with Gasteiger partial charge in [0.25, 0.3) is 5.91 Å². The molecule has 0 aromatic heterocycles. The van der Waals surface area contributed by atoms with E-state index in [-0.39, 0.29) is 17.5 Å². The van der Waals surface area contributed by atoms with Gasteiger partial charge in [-0.3, -0.25) is 4.79 Å². The molecule has 0 aliphatic rings. The number of nitrogens with one attached hydrogen (secondary N) is 1. The van der Waals surface area contributed by atoms with Gasteiger partial charge in [-0.05, 0) is 59.9 Å². The Labute approximate surface area is 148 Å². The summed E-state index contributed by atoms with van der Waals surface area (Å²) in [6.07, 6.45) is 0. The summed E-state index contributed by atoms with van der Waals surface area (Å²) in [4.78, 5) is 14.3. The Bertz CT molecular complexity index is 709. The van der Waals surface area contributed by atoms with Crippen LogP contribution in [0.3, 0.4) is 0 Å². The van der Waals surface area contributed by atoms with Crippen LogP contribution >= 0.6 is 27.5 Å². The molecule has 0 saturated heterocycles. The molecular weight excluding hydrogens is 383 g/mol. The lowest BCUT2D eigenvalue weighted by molar-refractivity contribution is 0.0940. The van der Waals surface area contributed by atoms with Crippen molar-refractivity contribution in [1.29, 1.82) is 0 Å². The monoisotopic (exact) mass is 398 g/mol. The van der Waals surface area contributed by atoms with Gasteiger partial charge in [0.2, 0.25) is 0 Å². The second kappa shape index (κ2) is 7.90. The summed E-state index contributed by atoms with van der Waals surface area (Å²) in [5.74, 6) is -0.788.